The van der Waals surface area contributed by atoms with Crippen LogP contribution in [-0.4, -0.2) is 35.2 Å². The molecule has 0 aromatic carbocycles. The Labute approximate surface area is 81.9 Å². The Morgan fingerprint density at radius 1 is 1.46 bits per heavy atom. The topological polar surface area (TPSA) is 23.5 Å². The molecule has 2 nitrogen and oxygen atoms in total. The number of hydrogen-bond donors (Lipinski definition) is 1. The number of aliphatic hydroxyl groups is 1. The summed E-state index contributed by atoms with van der Waals surface area (Å²) in [5.74, 6) is 0.881. The Morgan fingerprint density at radius 3 is 2.69 bits per heavy atom. The van der Waals surface area contributed by atoms with Crippen molar-refractivity contribution >= 4 is 0 Å². The third-order valence-corrected chi connectivity index (χ3v) is 3.29. The highest BCUT2D eigenvalue weighted by molar-refractivity contribution is 4.81. The van der Waals surface area contributed by atoms with Gasteiger partial charge in [0.15, 0.2) is 0 Å². The van der Waals surface area contributed by atoms with Gasteiger partial charge in [0.25, 0.3) is 0 Å². The zero-order valence-electron chi connectivity index (χ0n) is 9.16. The van der Waals surface area contributed by atoms with Gasteiger partial charge in [0.1, 0.15) is 0 Å². The van der Waals surface area contributed by atoms with Crippen molar-refractivity contribution in [3.8, 4) is 0 Å². The monoisotopic (exact) mass is 185 g/mol. The van der Waals surface area contributed by atoms with E-state index < -0.39 is 0 Å². The Balaban J connectivity index is 2.31. The van der Waals surface area contributed by atoms with Crippen molar-refractivity contribution in [3.05, 3.63) is 0 Å². The molecule has 0 spiro atoms. The predicted molar refractivity (Wildman–Crippen MR) is 55.7 cm³/mol. The number of rotatable bonds is 4. The molecule has 0 radical (unpaired) electrons. The van der Waals surface area contributed by atoms with Gasteiger partial charge in [-0.2, -0.15) is 0 Å². The molecule has 1 aliphatic heterocycles. The second kappa shape index (κ2) is 4.97. The first-order chi connectivity index (χ1) is 6.15. The van der Waals surface area contributed by atoms with Gasteiger partial charge in [-0.05, 0) is 39.2 Å². The third-order valence-electron chi connectivity index (χ3n) is 3.29. The minimum absolute atomic E-state index is 0.194. The van der Waals surface area contributed by atoms with Crippen molar-refractivity contribution in [2.45, 2.75) is 52.2 Å². The summed E-state index contributed by atoms with van der Waals surface area (Å²) in [6.45, 7) is 8.63. The summed E-state index contributed by atoms with van der Waals surface area (Å²) in [4.78, 5) is 2.42. The molecule has 1 aliphatic rings. The summed E-state index contributed by atoms with van der Waals surface area (Å²) in [5.41, 5.74) is 0. The van der Waals surface area contributed by atoms with Gasteiger partial charge >= 0.3 is 0 Å². The van der Waals surface area contributed by atoms with Gasteiger partial charge in [0, 0.05) is 12.6 Å². The van der Waals surface area contributed by atoms with Crippen LogP contribution in [0.4, 0.5) is 0 Å². The lowest BCUT2D eigenvalue weighted by Crippen LogP contribution is -2.38. The van der Waals surface area contributed by atoms with E-state index in [0.29, 0.717) is 6.04 Å². The lowest BCUT2D eigenvalue weighted by Gasteiger charge is -2.26. The SMILES string of the molecule is CCCC1CCN(C(C)C(C)O)C1. The van der Waals surface area contributed by atoms with Crippen LogP contribution in [0.2, 0.25) is 0 Å². The average Bonchev–Trinajstić information content (AvgIpc) is 2.52. The van der Waals surface area contributed by atoms with Crippen LogP contribution >= 0.6 is 0 Å². The van der Waals surface area contributed by atoms with Gasteiger partial charge in [0.05, 0.1) is 6.10 Å². The Bertz CT molecular complexity index is 147. The summed E-state index contributed by atoms with van der Waals surface area (Å²) in [5, 5.41) is 9.46. The van der Waals surface area contributed by atoms with Crippen LogP contribution in [0.1, 0.15) is 40.0 Å². The first-order valence-electron chi connectivity index (χ1n) is 5.57. The molecule has 1 heterocycles. The highest BCUT2D eigenvalue weighted by Crippen LogP contribution is 2.23. The quantitative estimate of drug-likeness (QED) is 0.723. The van der Waals surface area contributed by atoms with Crippen molar-refractivity contribution in [2.24, 2.45) is 5.92 Å². The molecule has 0 amide bonds. The molecular formula is C11H23NO. The molecule has 0 saturated carbocycles. The van der Waals surface area contributed by atoms with Crippen LogP contribution in [0.15, 0.2) is 0 Å². The lowest BCUT2D eigenvalue weighted by molar-refractivity contribution is 0.0831. The van der Waals surface area contributed by atoms with Gasteiger partial charge in [-0.1, -0.05) is 13.3 Å². The minimum Gasteiger partial charge on any atom is -0.392 e. The normalized spacial score (nSPS) is 29.1. The maximum Gasteiger partial charge on any atom is 0.0664 e. The van der Waals surface area contributed by atoms with Gasteiger partial charge < -0.3 is 5.11 Å². The Hall–Kier alpha value is -0.0800. The first-order valence-corrected chi connectivity index (χ1v) is 5.57. The zero-order valence-corrected chi connectivity index (χ0v) is 9.16. The van der Waals surface area contributed by atoms with E-state index in [0.717, 1.165) is 5.92 Å². The molecule has 2 heteroatoms. The van der Waals surface area contributed by atoms with Crippen LogP contribution in [0.3, 0.4) is 0 Å². The fourth-order valence-corrected chi connectivity index (χ4v) is 2.18. The molecule has 3 atom stereocenters. The van der Waals surface area contributed by atoms with Gasteiger partial charge in [0.2, 0.25) is 0 Å². The maximum atomic E-state index is 9.46. The van der Waals surface area contributed by atoms with Gasteiger partial charge in [-0.3, -0.25) is 4.90 Å². The highest BCUT2D eigenvalue weighted by Gasteiger charge is 2.27. The minimum atomic E-state index is -0.194. The number of aliphatic hydroxyl groups excluding tert-OH is 1. The number of likely N-dealkylation sites (tertiary alicyclic amines) is 1. The van der Waals surface area contributed by atoms with Crippen molar-refractivity contribution in [1.29, 1.82) is 0 Å². The van der Waals surface area contributed by atoms with E-state index in [4.69, 9.17) is 0 Å². The summed E-state index contributed by atoms with van der Waals surface area (Å²) >= 11 is 0. The Kier molecular flexibility index (Phi) is 4.20. The molecule has 0 bridgehead atoms. The van der Waals surface area contributed by atoms with Gasteiger partial charge in [-0.25, -0.2) is 0 Å². The van der Waals surface area contributed by atoms with Crippen LogP contribution in [0, 0.1) is 5.92 Å². The van der Waals surface area contributed by atoms with E-state index in [1.54, 1.807) is 0 Å². The fourth-order valence-electron chi connectivity index (χ4n) is 2.18. The molecule has 0 aliphatic carbocycles. The molecule has 0 aromatic rings. The average molecular weight is 185 g/mol. The number of nitrogens with zero attached hydrogens (tertiary/aromatic N) is 1. The molecule has 1 fully saturated rings. The molecule has 78 valence electrons. The predicted octanol–water partition coefficient (Wildman–Crippen LogP) is 1.88. The smallest absolute Gasteiger partial charge is 0.0664 e. The van der Waals surface area contributed by atoms with E-state index in [1.807, 2.05) is 6.92 Å². The van der Waals surface area contributed by atoms with Crippen LogP contribution in [0.25, 0.3) is 0 Å². The summed E-state index contributed by atoms with van der Waals surface area (Å²) in [6, 6.07) is 0.335. The van der Waals surface area contributed by atoms with E-state index in [-0.39, 0.29) is 6.10 Å². The van der Waals surface area contributed by atoms with Crippen molar-refractivity contribution in [2.75, 3.05) is 13.1 Å². The summed E-state index contributed by atoms with van der Waals surface area (Å²) in [6.07, 6.45) is 3.77. The first kappa shape index (κ1) is 11.0. The second-order valence-corrected chi connectivity index (χ2v) is 4.42. The van der Waals surface area contributed by atoms with Crippen molar-refractivity contribution in [3.63, 3.8) is 0 Å². The molecule has 1 saturated heterocycles. The van der Waals surface area contributed by atoms with Crippen molar-refractivity contribution in [1.82, 2.24) is 4.90 Å². The maximum absolute atomic E-state index is 9.46. The van der Waals surface area contributed by atoms with E-state index in [2.05, 4.69) is 18.7 Å². The van der Waals surface area contributed by atoms with E-state index >= 15 is 0 Å². The van der Waals surface area contributed by atoms with Crippen LogP contribution in [-0.2, 0) is 0 Å². The summed E-state index contributed by atoms with van der Waals surface area (Å²) < 4.78 is 0. The fraction of sp³-hybridized carbons (Fsp3) is 1.00. The van der Waals surface area contributed by atoms with Gasteiger partial charge in [-0.15, -0.1) is 0 Å². The lowest BCUT2D eigenvalue weighted by atomic mass is 10.0. The largest absolute Gasteiger partial charge is 0.392 e. The molecular weight excluding hydrogens is 162 g/mol. The number of hydrogen-bond acceptors (Lipinski definition) is 2. The molecule has 0 aromatic heterocycles. The second-order valence-electron chi connectivity index (χ2n) is 4.42. The van der Waals surface area contributed by atoms with Crippen molar-refractivity contribution < 1.29 is 5.11 Å². The summed E-state index contributed by atoms with van der Waals surface area (Å²) in [7, 11) is 0. The highest BCUT2D eigenvalue weighted by atomic mass is 16.3. The Morgan fingerprint density at radius 2 is 2.15 bits per heavy atom. The third kappa shape index (κ3) is 2.96. The molecule has 13 heavy (non-hydrogen) atoms. The molecule has 3 unspecified atom stereocenters. The van der Waals surface area contributed by atoms with E-state index in [1.165, 1.54) is 32.4 Å². The van der Waals surface area contributed by atoms with E-state index in [9.17, 15) is 5.11 Å². The molecule has 1 rings (SSSR count). The zero-order chi connectivity index (χ0) is 9.84. The molecule has 1 N–H and O–H groups in total. The standard InChI is InChI=1S/C11H23NO/c1-4-5-11-6-7-12(8-11)9(2)10(3)13/h9-11,13H,4-8H2,1-3H3. The van der Waals surface area contributed by atoms with Crippen LogP contribution < -0.4 is 0 Å². The van der Waals surface area contributed by atoms with Crippen LogP contribution in [0.5, 0.6) is 0 Å².